The van der Waals surface area contributed by atoms with Crippen LogP contribution < -0.4 is 4.74 Å². The second-order valence-corrected chi connectivity index (χ2v) is 4.85. The summed E-state index contributed by atoms with van der Waals surface area (Å²) in [5.74, 6) is 1.82. The zero-order chi connectivity index (χ0) is 12.8. The summed E-state index contributed by atoms with van der Waals surface area (Å²) < 4.78 is 5.93. The van der Waals surface area contributed by atoms with E-state index in [1.54, 1.807) is 11.8 Å². The van der Waals surface area contributed by atoms with Crippen LogP contribution in [0.15, 0.2) is 76.3 Å². The van der Waals surface area contributed by atoms with Crippen LogP contribution in [0.25, 0.3) is 0 Å². The van der Waals surface area contributed by atoms with Crippen LogP contribution in [0, 0.1) is 0 Å². The third-order valence-electron chi connectivity index (χ3n) is 2.40. The van der Waals surface area contributed by atoms with Crippen LogP contribution in [0.1, 0.15) is 13.8 Å². The Labute approximate surface area is 113 Å². The summed E-state index contributed by atoms with van der Waals surface area (Å²) in [5, 5.41) is 0. The van der Waals surface area contributed by atoms with Crippen molar-refractivity contribution >= 4 is 11.8 Å². The van der Waals surface area contributed by atoms with E-state index in [1.165, 1.54) is 0 Å². The normalized spacial score (nSPS) is 15.7. The van der Waals surface area contributed by atoms with E-state index in [-0.39, 0.29) is 0 Å². The van der Waals surface area contributed by atoms with Crippen LogP contribution in [0.4, 0.5) is 0 Å². The summed E-state index contributed by atoms with van der Waals surface area (Å²) in [4.78, 5) is 2.30. The van der Waals surface area contributed by atoms with Gasteiger partial charge in [-0.1, -0.05) is 48.2 Å². The standard InChI is InChI=1S/C16H16OS/c1-3-5-6-10-13-15(9-4-2)18-16-12-8-7-11-14(16)17-13/h3-12H,1-2H3/b5-3-,9-4+,10-6-. The van der Waals surface area contributed by atoms with Crippen molar-refractivity contribution < 1.29 is 4.74 Å². The van der Waals surface area contributed by atoms with E-state index in [2.05, 4.69) is 12.1 Å². The largest absolute Gasteiger partial charge is 0.455 e. The van der Waals surface area contributed by atoms with Gasteiger partial charge >= 0.3 is 0 Å². The molecule has 0 unspecified atom stereocenters. The molecule has 1 aromatic carbocycles. The van der Waals surface area contributed by atoms with E-state index in [0.717, 1.165) is 21.3 Å². The molecule has 0 aliphatic carbocycles. The zero-order valence-corrected chi connectivity index (χ0v) is 11.4. The molecule has 1 nitrogen and oxygen atoms in total. The summed E-state index contributed by atoms with van der Waals surface area (Å²) in [6, 6.07) is 8.10. The predicted molar refractivity (Wildman–Crippen MR) is 78.7 cm³/mol. The number of hydrogen-bond donors (Lipinski definition) is 0. The molecule has 0 N–H and O–H groups in total. The van der Waals surface area contributed by atoms with Gasteiger partial charge in [0.15, 0.2) is 0 Å². The molecule has 18 heavy (non-hydrogen) atoms. The molecule has 0 saturated heterocycles. The monoisotopic (exact) mass is 256 g/mol. The van der Waals surface area contributed by atoms with E-state index in [9.17, 15) is 0 Å². The Balaban J connectivity index is 2.33. The van der Waals surface area contributed by atoms with Gasteiger partial charge in [0.05, 0.1) is 9.80 Å². The van der Waals surface area contributed by atoms with Gasteiger partial charge < -0.3 is 4.74 Å². The molecule has 0 spiro atoms. The van der Waals surface area contributed by atoms with Gasteiger partial charge in [-0.25, -0.2) is 0 Å². The van der Waals surface area contributed by atoms with Crippen molar-refractivity contribution in [2.24, 2.45) is 0 Å². The highest BCUT2D eigenvalue weighted by Crippen LogP contribution is 2.42. The first-order valence-corrected chi connectivity index (χ1v) is 6.78. The van der Waals surface area contributed by atoms with Crippen molar-refractivity contribution in [1.29, 1.82) is 0 Å². The van der Waals surface area contributed by atoms with Crippen molar-refractivity contribution in [2.45, 2.75) is 18.7 Å². The fourth-order valence-electron chi connectivity index (χ4n) is 1.59. The topological polar surface area (TPSA) is 9.23 Å². The molecule has 0 bridgehead atoms. The number of allylic oxidation sites excluding steroid dienone is 6. The smallest absolute Gasteiger partial charge is 0.141 e. The molecule has 0 saturated carbocycles. The molecule has 1 aromatic rings. The van der Waals surface area contributed by atoms with E-state index in [1.807, 2.05) is 62.4 Å². The average molecular weight is 256 g/mol. The van der Waals surface area contributed by atoms with Crippen molar-refractivity contribution in [3.8, 4) is 5.75 Å². The minimum atomic E-state index is 0.898. The third kappa shape index (κ3) is 2.96. The van der Waals surface area contributed by atoms with Crippen LogP contribution in [-0.4, -0.2) is 0 Å². The van der Waals surface area contributed by atoms with Gasteiger partial charge in [-0.15, -0.1) is 0 Å². The highest BCUT2D eigenvalue weighted by molar-refractivity contribution is 8.03. The molecule has 92 valence electrons. The minimum absolute atomic E-state index is 0.898. The van der Waals surface area contributed by atoms with Crippen molar-refractivity contribution in [2.75, 3.05) is 0 Å². The van der Waals surface area contributed by atoms with E-state index >= 15 is 0 Å². The first-order valence-electron chi connectivity index (χ1n) is 5.96. The molecule has 0 atom stereocenters. The summed E-state index contributed by atoms with van der Waals surface area (Å²) >= 11 is 1.74. The third-order valence-corrected chi connectivity index (χ3v) is 3.52. The molecule has 0 fully saturated rings. The lowest BCUT2D eigenvalue weighted by atomic mass is 10.3. The molecule has 0 amide bonds. The van der Waals surface area contributed by atoms with Crippen LogP contribution in [-0.2, 0) is 0 Å². The van der Waals surface area contributed by atoms with Crippen LogP contribution in [0.5, 0.6) is 5.75 Å². The van der Waals surface area contributed by atoms with Gasteiger partial charge in [-0.05, 0) is 38.1 Å². The Hall–Kier alpha value is -1.67. The Bertz CT molecular complexity index is 536. The maximum atomic E-state index is 5.93. The van der Waals surface area contributed by atoms with E-state index in [0.29, 0.717) is 0 Å². The highest BCUT2D eigenvalue weighted by atomic mass is 32.2. The fourth-order valence-corrected chi connectivity index (χ4v) is 2.60. The van der Waals surface area contributed by atoms with Gasteiger partial charge in [0, 0.05) is 0 Å². The van der Waals surface area contributed by atoms with Crippen molar-refractivity contribution in [3.05, 3.63) is 71.4 Å². The number of fused-ring (bicyclic) bond motifs is 1. The molecule has 1 aliphatic rings. The number of hydrogen-bond acceptors (Lipinski definition) is 2. The number of thioether (sulfide) groups is 1. The Morgan fingerprint density at radius 1 is 1.00 bits per heavy atom. The molecule has 1 aliphatic heterocycles. The molecule has 0 aromatic heterocycles. The van der Waals surface area contributed by atoms with Gasteiger partial charge in [0.1, 0.15) is 11.5 Å². The molecule has 0 radical (unpaired) electrons. The average Bonchev–Trinajstić information content (AvgIpc) is 2.40. The summed E-state index contributed by atoms with van der Waals surface area (Å²) in [7, 11) is 0. The molecular weight excluding hydrogens is 240 g/mol. The second-order valence-electron chi connectivity index (χ2n) is 3.76. The lowest BCUT2D eigenvalue weighted by molar-refractivity contribution is 0.429. The van der Waals surface area contributed by atoms with Gasteiger partial charge in [-0.3, -0.25) is 0 Å². The summed E-state index contributed by atoms with van der Waals surface area (Å²) in [6.45, 7) is 4.01. The minimum Gasteiger partial charge on any atom is -0.455 e. The first kappa shape index (κ1) is 12.8. The SMILES string of the molecule is C/C=C\C=C/C1=C(/C=C/C)Sc2ccccc2O1. The number of rotatable bonds is 3. The van der Waals surface area contributed by atoms with E-state index < -0.39 is 0 Å². The lowest BCUT2D eigenvalue weighted by Crippen LogP contribution is -2.01. The Morgan fingerprint density at radius 2 is 1.83 bits per heavy atom. The predicted octanol–water partition coefficient (Wildman–Crippen LogP) is 5.09. The maximum Gasteiger partial charge on any atom is 0.141 e. The van der Waals surface area contributed by atoms with Gasteiger partial charge in [0.2, 0.25) is 0 Å². The van der Waals surface area contributed by atoms with Crippen LogP contribution in [0.2, 0.25) is 0 Å². The highest BCUT2D eigenvalue weighted by Gasteiger charge is 2.16. The second kappa shape index (κ2) is 6.31. The Morgan fingerprint density at radius 3 is 2.61 bits per heavy atom. The van der Waals surface area contributed by atoms with Crippen LogP contribution >= 0.6 is 11.8 Å². The quantitative estimate of drug-likeness (QED) is 0.696. The van der Waals surface area contributed by atoms with Crippen molar-refractivity contribution in [3.63, 3.8) is 0 Å². The maximum absolute atomic E-state index is 5.93. The summed E-state index contributed by atoms with van der Waals surface area (Å²) in [6.07, 6.45) is 12.1. The summed E-state index contributed by atoms with van der Waals surface area (Å²) in [5.41, 5.74) is 0. The fraction of sp³-hybridized carbons (Fsp3) is 0.125. The van der Waals surface area contributed by atoms with E-state index in [4.69, 9.17) is 4.74 Å². The molecule has 2 rings (SSSR count). The molecule has 2 heteroatoms. The van der Waals surface area contributed by atoms with Crippen LogP contribution in [0.3, 0.4) is 0 Å². The molecular formula is C16H16OS. The molecule has 1 heterocycles. The number of para-hydroxylation sites is 1. The lowest BCUT2D eigenvalue weighted by Gasteiger charge is -2.19. The Kier molecular flexibility index (Phi) is 4.48. The van der Waals surface area contributed by atoms with Gasteiger partial charge in [0.25, 0.3) is 0 Å². The van der Waals surface area contributed by atoms with Gasteiger partial charge in [-0.2, -0.15) is 0 Å². The zero-order valence-electron chi connectivity index (χ0n) is 10.6. The first-order chi connectivity index (χ1) is 8.85. The van der Waals surface area contributed by atoms with Crippen molar-refractivity contribution in [1.82, 2.24) is 0 Å². The number of benzene rings is 1. The number of ether oxygens (including phenoxy) is 1.